The molecule has 0 radical (unpaired) electrons. The Hall–Kier alpha value is -2.78. The number of amides is 1. The van der Waals surface area contributed by atoms with E-state index in [1.54, 1.807) is 19.1 Å². The van der Waals surface area contributed by atoms with Crippen molar-refractivity contribution in [2.75, 3.05) is 6.61 Å². The van der Waals surface area contributed by atoms with Gasteiger partial charge in [0, 0.05) is 5.56 Å². The minimum Gasteiger partial charge on any atom is -0.480 e. The van der Waals surface area contributed by atoms with E-state index >= 15 is 0 Å². The Morgan fingerprint density at radius 3 is 2.68 bits per heavy atom. The third kappa shape index (κ3) is 5.66. The van der Waals surface area contributed by atoms with E-state index in [-0.39, 0.29) is 12.5 Å². The van der Waals surface area contributed by atoms with E-state index in [1.807, 2.05) is 36.4 Å². The number of nitrogens with zero attached hydrogens (tertiary/aromatic N) is 1. The summed E-state index contributed by atoms with van der Waals surface area (Å²) in [5, 5.41) is 3.95. The largest absolute Gasteiger partial charge is 0.480 e. The predicted octanol–water partition coefficient (Wildman–Crippen LogP) is 3.38. The topological polar surface area (TPSA) is 59.9 Å². The van der Waals surface area contributed by atoms with Crippen molar-refractivity contribution in [3.63, 3.8) is 0 Å². The van der Waals surface area contributed by atoms with E-state index in [4.69, 9.17) is 15.9 Å². The Kier molecular flexibility index (Phi) is 7.05. The molecule has 2 aromatic carbocycles. The van der Waals surface area contributed by atoms with Crippen LogP contribution in [0.5, 0.6) is 11.5 Å². The van der Waals surface area contributed by atoms with Crippen LogP contribution >= 0.6 is 15.9 Å². The summed E-state index contributed by atoms with van der Waals surface area (Å²) in [5.41, 5.74) is 3.15. The first-order valence-electron chi connectivity index (χ1n) is 7.51. The normalized spacial score (nSPS) is 11.6. The molecule has 128 valence electrons. The van der Waals surface area contributed by atoms with Gasteiger partial charge in [-0.05, 0) is 47.1 Å². The Bertz CT molecular complexity index is 799. The van der Waals surface area contributed by atoms with Crippen LogP contribution in [0.2, 0.25) is 0 Å². The molecule has 0 spiro atoms. The molecule has 0 fully saturated rings. The lowest BCUT2D eigenvalue weighted by atomic mass is 10.2. The van der Waals surface area contributed by atoms with E-state index in [2.05, 4.69) is 32.4 Å². The number of terminal acetylenes is 1. The van der Waals surface area contributed by atoms with Crippen molar-refractivity contribution < 1.29 is 14.3 Å². The molecule has 0 aliphatic rings. The second-order valence-corrected chi connectivity index (χ2v) is 5.81. The van der Waals surface area contributed by atoms with Crippen molar-refractivity contribution in [3.05, 3.63) is 58.6 Å². The monoisotopic (exact) mass is 400 g/mol. The molecule has 5 nitrogen and oxygen atoms in total. The van der Waals surface area contributed by atoms with Crippen molar-refractivity contribution in [3.8, 4) is 23.8 Å². The first-order valence-corrected chi connectivity index (χ1v) is 8.30. The van der Waals surface area contributed by atoms with Crippen molar-refractivity contribution in [2.24, 2.45) is 5.10 Å². The van der Waals surface area contributed by atoms with Gasteiger partial charge < -0.3 is 9.47 Å². The van der Waals surface area contributed by atoms with Gasteiger partial charge >= 0.3 is 0 Å². The van der Waals surface area contributed by atoms with E-state index < -0.39 is 6.10 Å². The fraction of sp³-hybridized carbons (Fsp3) is 0.158. The van der Waals surface area contributed by atoms with Crippen LogP contribution in [-0.2, 0) is 4.79 Å². The van der Waals surface area contributed by atoms with Gasteiger partial charge in [0.1, 0.15) is 18.1 Å². The summed E-state index contributed by atoms with van der Waals surface area (Å²) in [5.74, 6) is 3.22. The molecule has 0 saturated heterocycles. The predicted molar refractivity (Wildman–Crippen MR) is 101 cm³/mol. The number of hydrogen-bond acceptors (Lipinski definition) is 4. The van der Waals surface area contributed by atoms with Crippen LogP contribution in [0, 0.1) is 12.3 Å². The van der Waals surface area contributed by atoms with Gasteiger partial charge in [0.15, 0.2) is 6.10 Å². The SMILES string of the molecule is C#CCOc1ccccc1C=NNC(=O)C(C)Oc1ccccc1Br. The lowest BCUT2D eigenvalue weighted by molar-refractivity contribution is -0.127. The second kappa shape index (κ2) is 9.50. The number of para-hydroxylation sites is 2. The van der Waals surface area contributed by atoms with Crippen LogP contribution in [-0.4, -0.2) is 24.8 Å². The van der Waals surface area contributed by atoms with Crippen LogP contribution in [0.25, 0.3) is 0 Å². The van der Waals surface area contributed by atoms with Gasteiger partial charge in [0.25, 0.3) is 5.91 Å². The average Bonchev–Trinajstić information content (AvgIpc) is 2.62. The zero-order valence-electron chi connectivity index (χ0n) is 13.6. The standard InChI is InChI=1S/C19H17BrN2O3/c1-3-12-24-17-10-6-4-8-15(17)13-21-22-19(23)14(2)25-18-11-7-5-9-16(18)20/h1,4-11,13-14H,12H2,2H3,(H,22,23). The van der Waals surface area contributed by atoms with Gasteiger partial charge in [-0.25, -0.2) is 5.43 Å². The molecule has 0 aromatic heterocycles. The molecule has 1 N–H and O–H groups in total. The van der Waals surface area contributed by atoms with Gasteiger partial charge in [-0.15, -0.1) is 6.42 Å². The number of benzene rings is 2. The highest BCUT2D eigenvalue weighted by molar-refractivity contribution is 9.10. The van der Waals surface area contributed by atoms with Crippen LogP contribution < -0.4 is 14.9 Å². The molecule has 0 aliphatic heterocycles. The Balaban J connectivity index is 1.94. The number of hydrazone groups is 1. The number of carbonyl (C=O) groups excluding carboxylic acids is 1. The van der Waals surface area contributed by atoms with Crippen molar-refractivity contribution in [1.82, 2.24) is 5.43 Å². The van der Waals surface area contributed by atoms with E-state index in [0.717, 1.165) is 4.47 Å². The highest BCUT2D eigenvalue weighted by Gasteiger charge is 2.15. The number of carbonyl (C=O) groups is 1. The number of ether oxygens (including phenoxy) is 2. The van der Waals surface area contributed by atoms with Gasteiger partial charge in [0.2, 0.25) is 0 Å². The third-order valence-electron chi connectivity index (χ3n) is 3.12. The van der Waals surface area contributed by atoms with Crippen LogP contribution in [0.1, 0.15) is 12.5 Å². The fourth-order valence-corrected chi connectivity index (χ4v) is 2.26. The first-order chi connectivity index (χ1) is 12.1. The Labute approximate surface area is 155 Å². The number of nitrogens with one attached hydrogen (secondary N) is 1. The van der Waals surface area contributed by atoms with Gasteiger partial charge in [-0.3, -0.25) is 4.79 Å². The summed E-state index contributed by atoms with van der Waals surface area (Å²) < 4.78 is 11.8. The number of hydrogen-bond donors (Lipinski definition) is 1. The smallest absolute Gasteiger partial charge is 0.280 e. The molecule has 2 aromatic rings. The number of rotatable bonds is 7. The van der Waals surface area contributed by atoms with E-state index in [1.165, 1.54) is 6.21 Å². The molecule has 2 rings (SSSR count). The molecule has 0 saturated carbocycles. The van der Waals surface area contributed by atoms with Gasteiger partial charge in [0.05, 0.1) is 10.7 Å². The van der Waals surface area contributed by atoms with E-state index in [9.17, 15) is 4.79 Å². The molecule has 1 unspecified atom stereocenters. The van der Waals surface area contributed by atoms with Gasteiger partial charge in [-0.2, -0.15) is 5.10 Å². The fourth-order valence-electron chi connectivity index (χ4n) is 1.88. The molecular formula is C19H17BrN2O3. The second-order valence-electron chi connectivity index (χ2n) is 4.96. The summed E-state index contributed by atoms with van der Waals surface area (Å²) in [6.45, 7) is 1.81. The minimum absolute atomic E-state index is 0.161. The lowest BCUT2D eigenvalue weighted by Crippen LogP contribution is -2.33. The maximum absolute atomic E-state index is 12.1. The molecule has 0 aliphatic carbocycles. The first kappa shape index (κ1) is 18.6. The summed E-state index contributed by atoms with van der Waals surface area (Å²) in [6.07, 6.45) is 5.98. The maximum Gasteiger partial charge on any atom is 0.280 e. The highest BCUT2D eigenvalue weighted by Crippen LogP contribution is 2.24. The molecule has 1 amide bonds. The summed E-state index contributed by atoms with van der Waals surface area (Å²) in [7, 11) is 0. The molecule has 25 heavy (non-hydrogen) atoms. The quantitative estimate of drug-likeness (QED) is 0.440. The highest BCUT2D eigenvalue weighted by atomic mass is 79.9. The number of halogens is 1. The van der Waals surface area contributed by atoms with E-state index in [0.29, 0.717) is 17.1 Å². The zero-order valence-corrected chi connectivity index (χ0v) is 15.2. The Morgan fingerprint density at radius 1 is 1.28 bits per heavy atom. The molecule has 0 heterocycles. The molecule has 0 bridgehead atoms. The van der Waals surface area contributed by atoms with Crippen molar-refractivity contribution >= 4 is 28.1 Å². The molecular weight excluding hydrogens is 384 g/mol. The van der Waals surface area contributed by atoms with Gasteiger partial charge in [-0.1, -0.05) is 30.2 Å². The summed E-state index contributed by atoms with van der Waals surface area (Å²) in [6, 6.07) is 14.6. The maximum atomic E-state index is 12.1. The molecule has 1 atom stereocenters. The minimum atomic E-state index is -0.705. The van der Waals surface area contributed by atoms with Crippen molar-refractivity contribution in [1.29, 1.82) is 0 Å². The van der Waals surface area contributed by atoms with Crippen molar-refractivity contribution in [2.45, 2.75) is 13.0 Å². The zero-order chi connectivity index (χ0) is 18.1. The third-order valence-corrected chi connectivity index (χ3v) is 3.77. The average molecular weight is 401 g/mol. The van der Waals surface area contributed by atoms with Crippen LogP contribution in [0.4, 0.5) is 0 Å². The summed E-state index contributed by atoms with van der Waals surface area (Å²) in [4.78, 5) is 12.1. The lowest BCUT2D eigenvalue weighted by Gasteiger charge is -2.14. The Morgan fingerprint density at radius 2 is 1.96 bits per heavy atom. The molecule has 6 heteroatoms. The van der Waals surface area contributed by atoms with Crippen LogP contribution in [0.3, 0.4) is 0 Å². The summed E-state index contributed by atoms with van der Waals surface area (Å²) >= 11 is 3.37. The van der Waals surface area contributed by atoms with Crippen LogP contribution in [0.15, 0.2) is 58.1 Å².